The number of ether oxygens (including phenoxy) is 1. The van der Waals surface area contributed by atoms with Gasteiger partial charge in [-0.25, -0.2) is 4.79 Å². The standard InChI is InChI=1S/C15H22O2/c1-3-5-7-12-14(4-2)17-15(16)13-10-8-6-9-11-13/h6,8-11,14H,3-5,7,12H2,1-2H3/t14-/m0/s1. The Labute approximate surface area is 104 Å². The molecule has 1 aromatic rings. The molecule has 0 aromatic heterocycles. The number of benzene rings is 1. The lowest BCUT2D eigenvalue weighted by atomic mass is 10.1. The molecule has 0 aliphatic heterocycles. The molecule has 0 N–H and O–H groups in total. The SMILES string of the molecule is CCCCC[C@H](CC)OC(=O)c1ccccc1. The van der Waals surface area contributed by atoms with Gasteiger partial charge in [0.25, 0.3) is 0 Å². The molecule has 0 spiro atoms. The molecule has 0 radical (unpaired) electrons. The van der Waals surface area contributed by atoms with Crippen LogP contribution in [0.3, 0.4) is 0 Å². The smallest absolute Gasteiger partial charge is 0.338 e. The van der Waals surface area contributed by atoms with Crippen LogP contribution in [-0.2, 0) is 4.74 Å². The quantitative estimate of drug-likeness (QED) is 0.522. The van der Waals surface area contributed by atoms with Crippen molar-refractivity contribution in [1.82, 2.24) is 0 Å². The lowest BCUT2D eigenvalue weighted by Crippen LogP contribution is -2.17. The van der Waals surface area contributed by atoms with Crippen LogP contribution in [0.2, 0.25) is 0 Å². The number of carbonyl (C=O) groups excluding carboxylic acids is 1. The molecule has 2 heteroatoms. The summed E-state index contributed by atoms with van der Waals surface area (Å²) in [4.78, 5) is 11.8. The van der Waals surface area contributed by atoms with Crippen LogP contribution in [0.25, 0.3) is 0 Å². The molecule has 0 heterocycles. The molecular weight excluding hydrogens is 212 g/mol. The van der Waals surface area contributed by atoms with Crippen molar-refractivity contribution in [3.63, 3.8) is 0 Å². The lowest BCUT2D eigenvalue weighted by Gasteiger charge is -2.15. The van der Waals surface area contributed by atoms with Crippen LogP contribution in [0, 0.1) is 0 Å². The Kier molecular flexibility index (Phi) is 6.38. The summed E-state index contributed by atoms with van der Waals surface area (Å²) in [6, 6.07) is 9.20. The second-order valence-corrected chi connectivity index (χ2v) is 4.30. The average Bonchev–Trinajstić information content (AvgIpc) is 2.38. The minimum Gasteiger partial charge on any atom is -0.459 e. The van der Waals surface area contributed by atoms with E-state index in [0.717, 1.165) is 19.3 Å². The van der Waals surface area contributed by atoms with Gasteiger partial charge in [0.15, 0.2) is 0 Å². The molecule has 0 amide bonds. The molecule has 0 bridgehead atoms. The zero-order chi connectivity index (χ0) is 12.5. The highest BCUT2D eigenvalue weighted by molar-refractivity contribution is 5.89. The Bertz CT molecular complexity index is 319. The Balaban J connectivity index is 2.42. The maximum atomic E-state index is 11.8. The molecule has 1 atom stereocenters. The van der Waals surface area contributed by atoms with E-state index in [2.05, 4.69) is 13.8 Å². The summed E-state index contributed by atoms with van der Waals surface area (Å²) < 4.78 is 5.49. The monoisotopic (exact) mass is 234 g/mol. The van der Waals surface area contributed by atoms with Crippen LogP contribution < -0.4 is 0 Å². The highest BCUT2D eigenvalue weighted by Crippen LogP contribution is 2.12. The minimum atomic E-state index is -0.200. The van der Waals surface area contributed by atoms with E-state index in [4.69, 9.17) is 4.74 Å². The number of carbonyl (C=O) groups is 1. The van der Waals surface area contributed by atoms with E-state index in [-0.39, 0.29) is 12.1 Å². The Morgan fingerprint density at radius 1 is 1.18 bits per heavy atom. The zero-order valence-electron chi connectivity index (χ0n) is 10.8. The summed E-state index contributed by atoms with van der Waals surface area (Å²) in [5.74, 6) is -0.200. The number of rotatable bonds is 7. The maximum Gasteiger partial charge on any atom is 0.338 e. The van der Waals surface area contributed by atoms with Crippen molar-refractivity contribution in [2.24, 2.45) is 0 Å². The Hall–Kier alpha value is -1.31. The highest BCUT2D eigenvalue weighted by Gasteiger charge is 2.13. The van der Waals surface area contributed by atoms with Crippen LogP contribution in [-0.4, -0.2) is 12.1 Å². The first-order valence-corrected chi connectivity index (χ1v) is 6.54. The van der Waals surface area contributed by atoms with Gasteiger partial charge in [0, 0.05) is 0 Å². The predicted octanol–water partition coefficient (Wildman–Crippen LogP) is 4.20. The number of hydrogen-bond acceptors (Lipinski definition) is 2. The molecule has 0 saturated carbocycles. The molecule has 1 aromatic carbocycles. The van der Waals surface area contributed by atoms with Crippen molar-refractivity contribution >= 4 is 5.97 Å². The molecule has 1 rings (SSSR count). The van der Waals surface area contributed by atoms with Gasteiger partial charge in [-0.2, -0.15) is 0 Å². The van der Waals surface area contributed by atoms with Gasteiger partial charge in [-0.05, 0) is 31.4 Å². The van der Waals surface area contributed by atoms with Crippen molar-refractivity contribution in [1.29, 1.82) is 0 Å². The summed E-state index contributed by atoms with van der Waals surface area (Å²) in [5.41, 5.74) is 0.640. The van der Waals surface area contributed by atoms with Crippen LogP contribution in [0.5, 0.6) is 0 Å². The molecule has 0 aliphatic carbocycles. The highest BCUT2D eigenvalue weighted by atomic mass is 16.5. The van der Waals surface area contributed by atoms with Gasteiger partial charge in [-0.15, -0.1) is 0 Å². The zero-order valence-corrected chi connectivity index (χ0v) is 10.8. The van der Waals surface area contributed by atoms with Crippen molar-refractivity contribution in [2.45, 2.75) is 52.1 Å². The molecule has 0 saturated heterocycles. The van der Waals surface area contributed by atoms with Gasteiger partial charge < -0.3 is 4.74 Å². The van der Waals surface area contributed by atoms with Gasteiger partial charge in [0.2, 0.25) is 0 Å². The first-order valence-electron chi connectivity index (χ1n) is 6.54. The minimum absolute atomic E-state index is 0.0641. The molecule has 2 nitrogen and oxygen atoms in total. The van der Waals surface area contributed by atoms with E-state index < -0.39 is 0 Å². The van der Waals surface area contributed by atoms with E-state index in [1.54, 1.807) is 12.1 Å². The summed E-state index contributed by atoms with van der Waals surface area (Å²) in [7, 11) is 0. The van der Waals surface area contributed by atoms with E-state index in [9.17, 15) is 4.79 Å². The molecule has 0 fully saturated rings. The molecule has 17 heavy (non-hydrogen) atoms. The Morgan fingerprint density at radius 2 is 1.88 bits per heavy atom. The fourth-order valence-electron chi connectivity index (χ4n) is 1.76. The van der Waals surface area contributed by atoms with Crippen molar-refractivity contribution in [2.75, 3.05) is 0 Å². The van der Waals surface area contributed by atoms with Crippen molar-refractivity contribution < 1.29 is 9.53 Å². The van der Waals surface area contributed by atoms with Gasteiger partial charge >= 0.3 is 5.97 Å². The maximum absolute atomic E-state index is 11.8. The summed E-state index contributed by atoms with van der Waals surface area (Å²) in [5, 5.41) is 0. The fraction of sp³-hybridized carbons (Fsp3) is 0.533. The summed E-state index contributed by atoms with van der Waals surface area (Å²) in [6.45, 7) is 4.24. The summed E-state index contributed by atoms with van der Waals surface area (Å²) >= 11 is 0. The van der Waals surface area contributed by atoms with Crippen LogP contribution in [0.1, 0.15) is 56.3 Å². The third kappa shape index (κ3) is 5.03. The fourth-order valence-corrected chi connectivity index (χ4v) is 1.76. The van der Waals surface area contributed by atoms with E-state index in [1.165, 1.54) is 12.8 Å². The molecule has 0 aliphatic rings. The largest absolute Gasteiger partial charge is 0.459 e. The first kappa shape index (κ1) is 13.8. The molecule has 0 unspecified atom stereocenters. The van der Waals surface area contributed by atoms with Crippen LogP contribution in [0.4, 0.5) is 0 Å². The van der Waals surface area contributed by atoms with Crippen LogP contribution >= 0.6 is 0 Å². The van der Waals surface area contributed by atoms with Gasteiger partial charge in [-0.3, -0.25) is 0 Å². The predicted molar refractivity (Wildman–Crippen MR) is 70.1 cm³/mol. The number of esters is 1. The van der Waals surface area contributed by atoms with Crippen molar-refractivity contribution in [3.8, 4) is 0 Å². The Morgan fingerprint density at radius 3 is 2.47 bits per heavy atom. The van der Waals surface area contributed by atoms with E-state index in [1.807, 2.05) is 18.2 Å². The van der Waals surface area contributed by atoms with Gasteiger partial charge in [0.05, 0.1) is 5.56 Å². The molecule has 94 valence electrons. The summed E-state index contributed by atoms with van der Waals surface area (Å²) in [6.07, 6.45) is 5.47. The van der Waals surface area contributed by atoms with E-state index in [0.29, 0.717) is 5.56 Å². The second kappa shape index (κ2) is 7.88. The molecular formula is C15H22O2. The third-order valence-corrected chi connectivity index (χ3v) is 2.87. The van der Waals surface area contributed by atoms with Gasteiger partial charge in [0.1, 0.15) is 6.10 Å². The topological polar surface area (TPSA) is 26.3 Å². The average molecular weight is 234 g/mol. The number of hydrogen-bond donors (Lipinski definition) is 0. The normalized spacial score (nSPS) is 12.1. The third-order valence-electron chi connectivity index (χ3n) is 2.87. The van der Waals surface area contributed by atoms with Crippen LogP contribution in [0.15, 0.2) is 30.3 Å². The van der Waals surface area contributed by atoms with Crippen molar-refractivity contribution in [3.05, 3.63) is 35.9 Å². The number of unbranched alkanes of at least 4 members (excludes halogenated alkanes) is 2. The van der Waals surface area contributed by atoms with E-state index >= 15 is 0 Å². The lowest BCUT2D eigenvalue weighted by molar-refractivity contribution is 0.0267. The van der Waals surface area contributed by atoms with Gasteiger partial charge in [-0.1, -0.05) is 44.9 Å². The first-order chi connectivity index (χ1) is 8.27. The second-order valence-electron chi connectivity index (χ2n) is 4.30.